The van der Waals surface area contributed by atoms with Crippen LogP contribution < -0.4 is 4.90 Å². The van der Waals surface area contributed by atoms with Gasteiger partial charge in [-0.05, 0) is 18.6 Å². The summed E-state index contributed by atoms with van der Waals surface area (Å²) in [4.78, 5) is 23.9. The van der Waals surface area contributed by atoms with Crippen molar-refractivity contribution in [3.63, 3.8) is 0 Å². The molecule has 0 N–H and O–H groups in total. The number of benzene rings is 1. The van der Waals surface area contributed by atoms with Gasteiger partial charge in [-0.1, -0.05) is 0 Å². The molecule has 8 heteroatoms. The van der Waals surface area contributed by atoms with Gasteiger partial charge in [-0.3, -0.25) is 4.79 Å². The highest BCUT2D eigenvalue weighted by molar-refractivity contribution is 5.99. The summed E-state index contributed by atoms with van der Waals surface area (Å²) >= 11 is 0. The smallest absolute Gasteiger partial charge is 0.419 e. The third-order valence-electron chi connectivity index (χ3n) is 3.16. The van der Waals surface area contributed by atoms with Crippen LogP contribution in [0.4, 0.5) is 23.2 Å². The van der Waals surface area contributed by atoms with Crippen molar-refractivity contribution in [1.82, 2.24) is 0 Å². The molecular formula is C13H11F4NO3. The molecule has 1 heterocycles. The standard InChI is InChI=1S/C13H11F4NO3/c1-21-12(20)7-4-5-8(14)11(10(7)13(15,16)17)18-6-2-3-9(18)19/h4-5H,2-3,6H2,1H3. The molecule has 1 fully saturated rings. The lowest BCUT2D eigenvalue weighted by Gasteiger charge is -2.23. The third-order valence-corrected chi connectivity index (χ3v) is 3.16. The average Bonchev–Trinajstić information content (AvgIpc) is 2.82. The van der Waals surface area contributed by atoms with Crippen LogP contribution in [0.2, 0.25) is 0 Å². The van der Waals surface area contributed by atoms with E-state index >= 15 is 0 Å². The highest BCUT2D eigenvalue weighted by atomic mass is 19.4. The summed E-state index contributed by atoms with van der Waals surface area (Å²) in [7, 11) is 0.923. The lowest BCUT2D eigenvalue weighted by atomic mass is 10.0. The zero-order valence-electron chi connectivity index (χ0n) is 11.0. The Bertz CT molecular complexity index is 598. The van der Waals surface area contributed by atoms with Crippen LogP contribution in [0.25, 0.3) is 0 Å². The van der Waals surface area contributed by atoms with Crippen molar-refractivity contribution in [2.75, 3.05) is 18.6 Å². The van der Waals surface area contributed by atoms with Crippen molar-refractivity contribution in [2.45, 2.75) is 19.0 Å². The van der Waals surface area contributed by atoms with Crippen molar-refractivity contribution >= 4 is 17.6 Å². The van der Waals surface area contributed by atoms with E-state index in [0.29, 0.717) is 12.5 Å². The molecule has 0 bridgehead atoms. The Morgan fingerprint density at radius 2 is 2.00 bits per heavy atom. The maximum atomic E-state index is 13.9. The number of halogens is 4. The predicted octanol–water partition coefficient (Wildman–Crippen LogP) is 2.76. The molecule has 21 heavy (non-hydrogen) atoms. The Morgan fingerprint density at radius 3 is 2.48 bits per heavy atom. The summed E-state index contributed by atoms with van der Waals surface area (Å²) in [5.41, 5.74) is -3.21. The number of carbonyl (C=O) groups excluding carboxylic acids is 2. The molecule has 0 unspecified atom stereocenters. The number of methoxy groups -OCH3 is 1. The SMILES string of the molecule is COC(=O)c1ccc(F)c(N2CCCC2=O)c1C(F)(F)F. The Morgan fingerprint density at radius 1 is 1.33 bits per heavy atom. The van der Waals surface area contributed by atoms with Gasteiger partial charge in [0.05, 0.1) is 23.9 Å². The summed E-state index contributed by atoms with van der Waals surface area (Å²) in [5.74, 6) is -3.05. The number of anilines is 1. The first-order chi connectivity index (χ1) is 9.77. The Kier molecular flexibility index (Phi) is 3.89. The van der Waals surface area contributed by atoms with E-state index < -0.39 is 40.7 Å². The number of ether oxygens (including phenoxy) is 1. The van der Waals surface area contributed by atoms with Crippen molar-refractivity contribution in [2.24, 2.45) is 0 Å². The normalized spacial score (nSPS) is 15.5. The van der Waals surface area contributed by atoms with Gasteiger partial charge in [0.15, 0.2) is 0 Å². The van der Waals surface area contributed by atoms with Crippen LogP contribution in [-0.4, -0.2) is 25.5 Å². The number of alkyl halides is 3. The zero-order valence-corrected chi connectivity index (χ0v) is 11.0. The molecule has 1 aliphatic rings. The lowest BCUT2D eigenvalue weighted by Crippen LogP contribution is -2.29. The molecule has 1 saturated heterocycles. The quantitative estimate of drug-likeness (QED) is 0.623. The van der Waals surface area contributed by atoms with Gasteiger partial charge in [-0.2, -0.15) is 13.2 Å². The van der Waals surface area contributed by atoms with Gasteiger partial charge in [-0.25, -0.2) is 9.18 Å². The van der Waals surface area contributed by atoms with Crippen LogP contribution >= 0.6 is 0 Å². The summed E-state index contributed by atoms with van der Waals surface area (Å²) in [6.45, 7) is -0.0243. The molecule has 0 atom stereocenters. The van der Waals surface area contributed by atoms with E-state index in [1.54, 1.807) is 0 Å². The number of hydrogen-bond acceptors (Lipinski definition) is 3. The van der Waals surface area contributed by atoms with Crippen LogP contribution in [0.15, 0.2) is 12.1 Å². The van der Waals surface area contributed by atoms with E-state index in [-0.39, 0.29) is 13.0 Å². The van der Waals surface area contributed by atoms with E-state index in [2.05, 4.69) is 4.74 Å². The number of carbonyl (C=O) groups is 2. The number of rotatable bonds is 2. The van der Waals surface area contributed by atoms with Crippen LogP contribution in [0.3, 0.4) is 0 Å². The topological polar surface area (TPSA) is 46.6 Å². The number of esters is 1. The van der Waals surface area contributed by atoms with Crippen molar-refractivity contribution in [1.29, 1.82) is 0 Å². The largest absolute Gasteiger partial charge is 0.465 e. The average molecular weight is 305 g/mol. The van der Waals surface area contributed by atoms with Gasteiger partial charge in [0, 0.05) is 13.0 Å². The van der Waals surface area contributed by atoms with Gasteiger partial charge < -0.3 is 9.64 Å². The second-order valence-corrected chi connectivity index (χ2v) is 4.46. The minimum atomic E-state index is -5.00. The molecule has 1 aromatic carbocycles. The van der Waals surface area contributed by atoms with E-state index in [1.165, 1.54) is 0 Å². The molecule has 1 amide bonds. The van der Waals surface area contributed by atoms with E-state index in [0.717, 1.165) is 18.1 Å². The first-order valence-corrected chi connectivity index (χ1v) is 6.05. The molecular weight excluding hydrogens is 294 g/mol. The predicted molar refractivity (Wildman–Crippen MR) is 64.3 cm³/mol. The maximum Gasteiger partial charge on any atom is 0.419 e. The third kappa shape index (κ3) is 2.70. The zero-order chi connectivity index (χ0) is 15.8. The van der Waals surface area contributed by atoms with Crippen molar-refractivity contribution in [3.8, 4) is 0 Å². The summed E-state index contributed by atoms with van der Waals surface area (Å²) in [6, 6.07) is 1.43. The van der Waals surface area contributed by atoms with Crippen LogP contribution in [0.1, 0.15) is 28.8 Å². The summed E-state index contributed by atoms with van der Waals surface area (Å²) < 4.78 is 58.0. The van der Waals surface area contributed by atoms with Crippen molar-refractivity contribution in [3.05, 3.63) is 29.1 Å². The Hall–Kier alpha value is -2.12. The van der Waals surface area contributed by atoms with Crippen LogP contribution in [0.5, 0.6) is 0 Å². The monoisotopic (exact) mass is 305 g/mol. The minimum Gasteiger partial charge on any atom is -0.465 e. The van der Waals surface area contributed by atoms with E-state index in [4.69, 9.17) is 0 Å². The molecule has 0 aliphatic carbocycles. The van der Waals surface area contributed by atoms with Gasteiger partial charge in [0.1, 0.15) is 5.82 Å². The summed E-state index contributed by atoms with van der Waals surface area (Å²) in [5, 5.41) is 0. The maximum absolute atomic E-state index is 13.9. The molecule has 0 spiro atoms. The number of nitrogens with zero attached hydrogens (tertiary/aromatic N) is 1. The second kappa shape index (κ2) is 5.34. The minimum absolute atomic E-state index is 0.0243. The molecule has 2 rings (SSSR count). The molecule has 0 saturated carbocycles. The molecule has 1 aromatic rings. The van der Waals surface area contributed by atoms with Crippen LogP contribution in [-0.2, 0) is 15.7 Å². The Balaban J connectivity index is 2.72. The molecule has 0 radical (unpaired) electrons. The fraction of sp³-hybridized carbons (Fsp3) is 0.385. The second-order valence-electron chi connectivity index (χ2n) is 4.46. The summed E-state index contributed by atoms with van der Waals surface area (Å²) in [6.07, 6.45) is -4.62. The first-order valence-electron chi connectivity index (χ1n) is 6.05. The first kappa shape index (κ1) is 15.3. The fourth-order valence-corrected chi connectivity index (χ4v) is 2.28. The molecule has 4 nitrogen and oxygen atoms in total. The highest BCUT2D eigenvalue weighted by Gasteiger charge is 2.42. The molecule has 114 valence electrons. The van der Waals surface area contributed by atoms with Crippen molar-refractivity contribution < 1.29 is 31.9 Å². The molecule has 0 aromatic heterocycles. The number of amides is 1. The van der Waals surface area contributed by atoms with Crippen LogP contribution in [0, 0.1) is 5.82 Å². The number of hydrogen-bond donors (Lipinski definition) is 0. The van der Waals surface area contributed by atoms with Gasteiger partial charge in [-0.15, -0.1) is 0 Å². The molecule has 1 aliphatic heterocycles. The highest BCUT2D eigenvalue weighted by Crippen LogP contribution is 2.42. The van der Waals surface area contributed by atoms with Gasteiger partial charge in [0.2, 0.25) is 5.91 Å². The van der Waals surface area contributed by atoms with E-state index in [9.17, 15) is 27.2 Å². The van der Waals surface area contributed by atoms with E-state index in [1.807, 2.05) is 0 Å². The lowest BCUT2D eigenvalue weighted by molar-refractivity contribution is -0.137. The fourth-order valence-electron chi connectivity index (χ4n) is 2.28. The van der Waals surface area contributed by atoms with Gasteiger partial charge in [0.25, 0.3) is 0 Å². The van der Waals surface area contributed by atoms with Gasteiger partial charge >= 0.3 is 12.1 Å². The Labute approximate surface area is 117 Å².